The van der Waals surface area contributed by atoms with Crippen LogP contribution in [0.25, 0.3) is 0 Å². The Kier molecular flexibility index (Phi) is 4.22. The summed E-state index contributed by atoms with van der Waals surface area (Å²) in [6, 6.07) is 8.64. The van der Waals surface area contributed by atoms with Crippen molar-refractivity contribution in [2.45, 2.75) is 25.0 Å². The van der Waals surface area contributed by atoms with Gasteiger partial charge in [0, 0.05) is 18.4 Å². The van der Waals surface area contributed by atoms with Crippen LogP contribution in [0, 0.1) is 12.3 Å². The van der Waals surface area contributed by atoms with Crippen molar-refractivity contribution in [3.63, 3.8) is 0 Å². The molecular weight excluding hydrogens is 244 g/mol. The van der Waals surface area contributed by atoms with Gasteiger partial charge < -0.3 is 14.6 Å². The van der Waals surface area contributed by atoms with Crippen molar-refractivity contribution < 1.29 is 19.4 Å². The quantitative estimate of drug-likeness (QED) is 0.502. The van der Waals surface area contributed by atoms with Crippen LogP contribution in [-0.4, -0.2) is 23.5 Å². The smallest absolute Gasteiger partial charge is 0.430 e. The van der Waals surface area contributed by atoms with Crippen LogP contribution in [0.15, 0.2) is 42.0 Å². The Labute approximate surface area is 111 Å². The largest absolute Gasteiger partial charge is 0.514 e. The maximum Gasteiger partial charge on any atom is 0.514 e. The number of aliphatic hydroxyl groups is 1. The molecule has 4 heteroatoms. The van der Waals surface area contributed by atoms with Gasteiger partial charge in [-0.05, 0) is 18.2 Å². The lowest BCUT2D eigenvalue weighted by Crippen LogP contribution is -2.28. The maximum atomic E-state index is 11.6. The molecule has 0 fully saturated rings. The van der Waals surface area contributed by atoms with E-state index in [1.807, 2.05) is 6.07 Å². The zero-order valence-electron chi connectivity index (χ0n) is 10.3. The number of ether oxygens (including phenoxy) is 2. The van der Waals surface area contributed by atoms with Crippen molar-refractivity contribution >= 4 is 6.16 Å². The number of rotatable bonds is 2. The topological polar surface area (TPSA) is 55.8 Å². The molecule has 0 spiro atoms. The Morgan fingerprint density at radius 2 is 2.11 bits per heavy atom. The zero-order valence-corrected chi connectivity index (χ0v) is 10.3. The Hall–Kier alpha value is -2.25. The van der Waals surface area contributed by atoms with Crippen molar-refractivity contribution in [3.05, 3.63) is 42.0 Å². The first-order chi connectivity index (χ1) is 9.17. The molecule has 0 saturated carbocycles. The van der Waals surface area contributed by atoms with Crippen LogP contribution in [0.5, 0.6) is 5.75 Å². The molecule has 0 heterocycles. The average Bonchev–Trinajstić information content (AvgIpc) is 2.38. The summed E-state index contributed by atoms with van der Waals surface area (Å²) < 4.78 is 10.1. The number of terminal acetylenes is 1. The highest BCUT2D eigenvalue weighted by atomic mass is 16.7. The highest BCUT2D eigenvalue weighted by Crippen LogP contribution is 2.21. The van der Waals surface area contributed by atoms with Gasteiger partial charge in [0.15, 0.2) is 0 Å². The molecule has 98 valence electrons. The molecule has 0 bridgehead atoms. The van der Waals surface area contributed by atoms with Gasteiger partial charge in [-0.15, -0.1) is 6.42 Å². The number of hydrogen-bond donors (Lipinski definition) is 1. The molecule has 1 aliphatic carbocycles. The van der Waals surface area contributed by atoms with Crippen LogP contribution < -0.4 is 4.74 Å². The summed E-state index contributed by atoms with van der Waals surface area (Å²) in [6.07, 6.45) is 5.70. The third-order valence-electron chi connectivity index (χ3n) is 2.74. The molecule has 0 unspecified atom stereocenters. The molecule has 0 radical (unpaired) electrons. The molecule has 2 rings (SSSR count). The summed E-state index contributed by atoms with van der Waals surface area (Å²) in [4.78, 5) is 11.6. The monoisotopic (exact) mass is 258 g/mol. The summed E-state index contributed by atoms with van der Waals surface area (Å²) in [5, 5.41) is 9.58. The number of carbonyl (C=O) groups is 1. The van der Waals surface area contributed by atoms with Gasteiger partial charge in [0.2, 0.25) is 0 Å². The SMILES string of the molecule is C#CC1=C[C@H](O)C[C@@H](OC(=O)Oc2ccccc2)C1. The van der Waals surface area contributed by atoms with Gasteiger partial charge in [0.05, 0.1) is 6.10 Å². The first kappa shape index (κ1) is 13.2. The van der Waals surface area contributed by atoms with Crippen molar-refractivity contribution in [3.8, 4) is 18.1 Å². The molecule has 0 aliphatic heterocycles. The number of hydrogen-bond acceptors (Lipinski definition) is 4. The van der Waals surface area contributed by atoms with E-state index < -0.39 is 18.4 Å². The Morgan fingerprint density at radius 1 is 1.37 bits per heavy atom. The molecule has 0 aromatic heterocycles. The highest BCUT2D eigenvalue weighted by Gasteiger charge is 2.24. The second-order valence-corrected chi connectivity index (χ2v) is 4.25. The van der Waals surface area contributed by atoms with E-state index in [2.05, 4.69) is 5.92 Å². The van der Waals surface area contributed by atoms with Gasteiger partial charge in [-0.1, -0.05) is 24.1 Å². The van der Waals surface area contributed by atoms with Crippen LogP contribution in [-0.2, 0) is 4.74 Å². The van der Waals surface area contributed by atoms with Crippen LogP contribution >= 0.6 is 0 Å². The number of aliphatic hydroxyl groups excluding tert-OH is 1. The molecule has 19 heavy (non-hydrogen) atoms. The van der Waals surface area contributed by atoms with Gasteiger partial charge in [-0.25, -0.2) is 4.79 Å². The van der Waals surface area contributed by atoms with Crippen molar-refractivity contribution in [1.29, 1.82) is 0 Å². The van der Waals surface area contributed by atoms with Crippen LogP contribution in [0.1, 0.15) is 12.8 Å². The van der Waals surface area contributed by atoms with Crippen LogP contribution in [0.4, 0.5) is 4.79 Å². The summed E-state index contributed by atoms with van der Waals surface area (Å²) in [5.74, 6) is 2.87. The minimum Gasteiger partial charge on any atom is -0.430 e. The van der Waals surface area contributed by atoms with E-state index in [0.717, 1.165) is 0 Å². The van der Waals surface area contributed by atoms with Crippen molar-refractivity contribution in [2.75, 3.05) is 0 Å². The van der Waals surface area contributed by atoms with E-state index in [1.54, 1.807) is 30.3 Å². The Balaban J connectivity index is 1.90. The standard InChI is InChI=1S/C15H14O4/c1-2-11-8-12(16)10-14(9-11)19-15(17)18-13-6-4-3-5-7-13/h1,3-8,12,14,16H,9-10H2/t12-,14-/m0/s1. The lowest BCUT2D eigenvalue weighted by molar-refractivity contribution is 0.0337. The minimum absolute atomic E-state index is 0.328. The highest BCUT2D eigenvalue weighted by molar-refractivity contribution is 5.64. The predicted molar refractivity (Wildman–Crippen MR) is 69.5 cm³/mol. The van der Waals surface area contributed by atoms with E-state index in [-0.39, 0.29) is 0 Å². The molecule has 2 atom stereocenters. The fourth-order valence-corrected chi connectivity index (χ4v) is 1.91. The van der Waals surface area contributed by atoms with Crippen molar-refractivity contribution in [1.82, 2.24) is 0 Å². The minimum atomic E-state index is -0.790. The first-order valence-electron chi connectivity index (χ1n) is 5.96. The molecule has 0 amide bonds. The lowest BCUT2D eigenvalue weighted by atomic mass is 9.95. The van der Waals surface area contributed by atoms with Crippen molar-refractivity contribution in [2.24, 2.45) is 0 Å². The first-order valence-corrected chi connectivity index (χ1v) is 5.96. The van der Waals surface area contributed by atoms with Crippen LogP contribution in [0.2, 0.25) is 0 Å². The maximum absolute atomic E-state index is 11.6. The van der Waals surface area contributed by atoms with Gasteiger partial charge in [-0.3, -0.25) is 0 Å². The molecular formula is C15H14O4. The van der Waals surface area contributed by atoms with E-state index in [0.29, 0.717) is 24.2 Å². The zero-order chi connectivity index (χ0) is 13.7. The Morgan fingerprint density at radius 3 is 2.79 bits per heavy atom. The number of carbonyl (C=O) groups excluding carboxylic acids is 1. The van der Waals surface area contributed by atoms with E-state index in [9.17, 15) is 9.90 Å². The summed E-state index contributed by atoms with van der Waals surface area (Å²) in [5.41, 5.74) is 0.635. The van der Waals surface area contributed by atoms with Gasteiger partial charge in [0.25, 0.3) is 0 Å². The average molecular weight is 258 g/mol. The Bertz CT molecular complexity index is 513. The molecule has 4 nitrogen and oxygen atoms in total. The molecule has 0 saturated heterocycles. The molecule has 1 aromatic carbocycles. The molecule has 1 N–H and O–H groups in total. The second-order valence-electron chi connectivity index (χ2n) is 4.25. The van der Waals surface area contributed by atoms with Gasteiger partial charge in [0.1, 0.15) is 11.9 Å². The summed E-state index contributed by atoms with van der Waals surface area (Å²) >= 11 is 0. The van der Waals surface area contributed by atoms with E-state index in [4.69, 9.17) is 15.9 Å². The molecule has 1 aromatic rings. The third-order valence-corrected chi connectivity index (χ3v) is 2.74. The van der Waals surface area contributed by atoms with Gasteiger partial charge in [-0.2, -0.15) is 0 Å². The van der Waals surface area contributed by atoms with E-state index >= 15 is 0 Å². The third kappa shape index (κ3) is 3.87. The fourth-order valence-electron chi connectivity index (χ4n) is 1.91. The summed E-state index contributed by atoms with van der Waals surface area (Å²) in [6.45, 7) is 0. The predicted octanol–water partition coefficient (Wildman–Crippen LogP) is 2.28. The fraction of sp³-hybridized carbons (Fsp3) is 0.267. The summed E-state index contributed by atoms with van der Waals surface area (Å²) in [7, 11) is 0. The lowest BCUT2D eigenvalue weighted by Gasteiger charge is -2.23. The normalized spacial score (nSPS) is 22.0. The van der Waals surface area contributed by atoms with E-state index in [1.165, 1.54) is 0 Å². The second kappa shape index (κ2) is 6.07. The number of para-hydroxylation sites is 1. The van der Waals surface area contributed by atoms with Crippen LogP contribution in [0.3, 0.4) is 0 Å². The van der Waals surface area contributed by atoms with Gasteiger partial charge >= 0.3 is 6.16 Å². The molecule has 1 aliphatic rings. The number of benzene rings is 1.